The van der Waals surface area contributed by atoms with Gasteiger partial charge in [-0.15, -0.1) is 11.3 Å². The number of fused-ring (bicyclic) bond motifs is 1. The van der Waals surface area contributed by atoms with Crippen molar-refractivity contribution in [2.24, 2.45) is 5.73 Å². The lowest BCUT2D eigenvalue weighted by Gasteiger charge is -2.05. The molecule has 3 aromatic rings. The quantitative estimate of drug-likeness (QED) is 0.719. The van der Waals surface area contributed by atoms with Crippen LogP contribution in [-0.2, 0) is 6.54 Å². The molecule has 0 radical (unpaired) electrons. The first-order chi connectivity index (χ1) is 9.13. The monoisotopic (exact) mass is 350 g/mol. The molecule has 0 saturated heterocycles. The molecular weight excluding hydrogens is 340 g/mol. The van der Waals surface area contributed by atoms with E-state index >= 15 is 0 Å². The van der Waals surface area contributed by atoms with Gasteiger partial charge in [0.25, 0.3) is 0 Å². The highest BCUT2D eigenvalue weighted by atomic mass is 79.9. The zero-order valence-electron chi connectivity index (χ0n) is 9.97. The maximum absolute atomic E-state index is 5.70. The number of hydrogen-bond donors (Lipinski definition) is 1. The minimum Gasteiger partial charge on any atom is -0.389 e. The van der Waals surface area contributed by atoms with Crippen LogP contribution in [0, 0.1) is 0 Å². The third-order valence-corrected chi connectivity index (χ3v) is 4.86. The van der Waals surface area contributed by atoms with Crippen molar-refractivity contribution >= 4 is 55.4 Å². The molecule has 1 aromatic carbocycles. The minimum atomic E-state index is 0.438. The summed E-state index contributed by atoms with van der Waals surface area (Å²) < 4.78 is 3.37. The number of halogens is 1. The normalized spacial score (nSPS) is 11.0. The number of thiocarbonyl (C=S) groups is 1. The van der Waals surface area contributed by atoms with E-state index in [1.54, 1.807) is 11.3 Å². The van der Waals surface area contributed by atoms with Crippen molar-refractivity contribution in [3.8, 4) is 0 Å². The zero-order chi connectivity index (χ0) is 13.4. The molecule has 0 aliphatic heterocycles. The number of nitrogens with two attached hydrogens (primary N) is 1. The lowest BCUT2D eigenvalue weighted by molar-refractivity contribution is 0.851. The number of hydrogen-bond acceptors (Lipinski definition) is 2. The molecule has 0 amide bonds. The van der Waals surface area contributed by atoms with Crippen LogP contribution in [0.3, 0.4) is 0 Å². The van der Waals surface area contributed by atoms with E-state index in [0.29, 0.717) is 4.99 Å². The Labute approximate surface area is 129 Å². The van der Waals surface area contributed by atoms with E-state index in [4.69, 9.17) is 18.0 Å². The van der Waals surface area contributed by atoms with Gasteiger partial charge in [-0.05, 0) is 45.6 Å². The summed E-state index contributed by atoms with van der Waals surface area (Å²) in [6.07, 6.45) is 2.10. The number of aromatic nitrogens is 1. The van der Waals surface area contributed by atoms with E-state index in [0.717, 1.165) is 21.4 Å². The molecule has 2 aromatic heterocycles. The molecule has 0 fully saturated rings. The van der Waals surface area contributed by atoms with Crippen LogP contribution >= 0.6 is 39.5 Å². The largest absolute Gasteiger partial charge is 0.389 e. The first-order valence-electron chi connectivity index (χ1n) is 5.76. The Balaban J connectivity index is 2.03. The van der Waals surface area contributed by atoms with Crippen LogP contribution in [0.2, 0.25) is 0 Å². The standard InChI is InChI=1S/C14H11BrN2S2/c15-13-4-3-11(19-13)8-17-6-5-9-1-2-10(14(16)18)7-12(9)17/h1-7H,8H2,(H2,16,18). The van der Waals surface area contributed by atoms with Gasteiger partial charge in [-0.25, -0.2) is 0 Å². The lowest BCUT2D eigenvalue weighted by atomic mass is 10.1. The van der Waals surface area contributed by atoms with E-state index in [9.17, 15) is 0 Å². The topological polar surface area (TPSA) is 30.9 Å². The van der Waals surface area contributed by atoms with Crippen LogP contribution in [-0.4, -0.2) is 9.56 Å². The van der Waals surface area contributed by atoms with Crippen molar-refractivity contribution in [3.05, 3.63) is 56.8 Å². The van der Waals surface area contributed by atoms with Gasteiger partial charge in [0.15, 0.2) is 0 Å². The van der Waals surface area contributed by atoms with Crippen molar-refractivity contribution in [3.63, 3.8) is 0 Å². The fourth-order valence-corrected chi connectivity index (χ4v) is 3.69. The van der Waals surface area contributed by atoms with Gasteiger partial charge in [0, 0.05) is 22.2 Å². The molecular formula is C14H11BrN2S2. The lowest BCUT2D eigenvalue weighted by Crippen LogP contribution is -2.09. The van der Waals surface area contributed by atoms with Crippen LogP contribution < -0.4 is 5.73 Å². The van der Waals surface area contributed by atoms with Crippen molar-refractivity contribution in [2.45, 2.75) is 6.54 Å². The molecule has 2 nitrogen and oxygen atoms in total. The fraction of sp³-hybridized carbons (Fsp3) is 0.0714. The average molecular weight is 351 g/mol. The summed E-state index contributed by atoms with van der Waals surface area (Å²) in [5.41, 5.74) is 7.77. The van der Waals surface area contributed by atoms with Gasteiger partial charge in [0.05, 0.1) is 10.3 Å². The number of rotatable bonds is 3. The predicted molar refractivity (Wildman–Crippen MR) is 88.9 cm³/mol. The Bertz CT molecular complexity index is 758. The molecule has 0 saturated carbocycles. The Morgan fingerprint density at radius 2 is 2.11 bits per heavy atom. The first kappa shape index (κ1) is 12.8. The molecule has 19 heavy (non-hydrogen) atoms. The Morgan fingerprint density at radius 3 is 2.79 bits per heavy atom. The first-order valence-corrected chi connectivity index (χ1v) is 7.78. The summed E-state index contributed by atoms with van der Waals surface area (Å²) in [7, 11) is 0. The third-order valence-electron chi connectivity index (χ3n) is 3.01. The number of nitrogens with zero attached hydrogens (tertiary/aromatic N) is 1. The highest BCUT2D eigenvalue weighted by molar-refractivity contribution is 9.11. The van der Waals surface area contributed by atoms with Gasteiger partial charge in [-0.1, -0.05) is 24.4 Å². The summed E-state index contributed by atoms with van der Waals surface area (Å²) in [5, 5.41) is 1.20. The smallest absolute Gasteiger partial charge is 0.104 e. The second-order valence-electron chi connectivity index (χ2n) is 4.29. The fourth-order valence-electron chi connectivity index (χ4n) is 2.08. The highest BCUT2D eigenvalue weighted by Gasteiger charge is 2.06. The predicted octanol–water partition coefficient (Wildman–Crippen LogP) is 4.15. The van der Waals surface area contributed by atoms with Crippen LogP contribution in [0.5, 0.6) is 0 Å². The van der Waals surface area contributed by atoms with E-state index in [1.807, 2.05) is 6.07 Å². The van der Waals surface area contributed by atoms with E-state index in [1.165, 1.54) is 10.3 Å². The SMILES string of the molecule is NC(=S)c1ccc2ccn(Cc3ccc(Br)s3)c2c1. The molecule has 3 rings (SSSR count). The summed E-state index contributed by atoms with van der Waals surface area (Å²) in [6.45, 7) is 0.862. The zero-order valence-corrected chi connectivity index (χ0v) is 13.2. The van der Waals surface area contributed by atoms with Gasteiger partial charge < -0.3 is 10.3 Å². The van der Waals surface area contributed by atoms with Crippen LogP contribution in [0.1, 0.15) is 10.4 Å². The van der Waals surface area contributed by atoms with Crippen molar-refractivity contribution in [1.82, 2.24) is 4.57 Å². The van der Waals surface area contributed by atoms with Gasteiger partial charge >= 0.3 is 0 Å². The van der Waals surface area contributed by atoms with E-state index in [-0.39, 0.29) is 0 Å². The minimum absolute atomic E-state index is 0.438. The van der Waals surface area contributed by atoms with Gasteiger partial charge in [0.1, 0.15) is 4.99 Å². The third kappa shape index (κ3) is 2.59. The van der Waals surface area contributed by atoms with Crippen LogP contribution in [0.25, 0.3) is 10.9 Å². The highest BCUT2D eigenvalue weighted by Crippen LogP contribution is 2.25. The molecule has 0 spiro atoms. The second kappa shape index (κ2) is 5.07. The van der Waals surface area contributed by atoms with Crippen molar-refractivity contribution < 1.29 is 0 Å². The van der Waals surface area contributed by atoms with E-state index < -0.39 is 0 Å². The van der Waals surface area contributed by atoms with Crippen molar-refractivity contribution in [2.75, 3.05) is 0 Å². The van der Waals surface area contributed by atoms with Gasteiger partial charge in [-0.3, -0.25) is 0 Å². The van der Waals surface area contributed by atoms with E-state index in [2.05, 4.69) is 57.0 Å². The summed E-state index contributed by atoms with van der Waals surface area (Å²) in [6, 6.07) is 12.4. The summed E-state index contributed by atoms with van der Waals surface area (Å²) in [5.74, 6) is 0. The average Bonchev–Trinajstić information content (AvgIpc) is 2.96. The Morgan fingerprint density at radius 1 is 1.26 bits per heavy atom. The molecule has 0 unspecified atom stereocenters. The Kier molecular flexibility index (Phi) is 3.43. The molecule has 5 heteroatoms. The maximum Gasteiger partial charge on any atom is 0.104 e. The van der Waals surface area contributed by atoms with Gasteiger partial charge in [-0.2, -0.15) is 0 Å². The molecule has 96 valence electrons. The maximum atomic E-state index is 5.70. The second-order valence-corrected chi connectivity index (χ2v) is 7.27. The number of thiophene rings is 1. The molecule has 0 bridgehead atoms. The summed E-state index contributed by atoms with van der Waals surface area (Å²) >= 11 is 10.3. The molecule has 2 N–H and O–H groups in total. The van der Waals surface area contributed by atoms with Crippen molar-refractivity contribution in [1.29, 1.82) is 0 Å². The molecule has 2 heterocycles. The molecule has 0 aliphatic carbocycles. The van der Waals surface area contributed by atoms with Gasteiger partial charge in [0.2, 0.25) is 0 Å². The van der Waals surface area contributed by atoms with Crippen LogP contribution in [0.4, 0.5) is 0 Å². The summed E-state index contributed by atoms with van der Waals surface area (Å²) in [4.78, 5) is 1.75. The number of benzene rings is 1. The Hall–Kier alpha value is -1.17. The van der Waals surface area contributed by atoms with Crippen LogP contribution in [0.15, 0.2) is 46.4 Å². The molecule has 0 atom stereocenters. The molecule has 0 aliphatic rings.